The van der Waals surface area contributed by atoms with E-state index in [-0.39, 0.29) is 11.3 Å². The first kappa shape index (κ1) is 22.9. The van der Waals surface area contributed by atoms with E-state index in [1.165, 1.54) is 18.2 Å². The molecule has 0 atom stereocenters. The number of hydrogen-bond acceptors (Lipinski definition) is 2. The molecule has 170 valence electrons. The number of hydrogen-bond donors (Lipinski definition) is 1. The van der Waals surface area contributed by atoms with Crippen molar-refractivity contribution in [3.63, 3.8) is 0 Å². The van der Waals surface area contributed by atoms with Gasteiger partial charge in [-0.2, -0.15) is 18.4 Å². The zero-order valence-electron chi connectivity index (χ0n) is 18.4. The van der Waals surface area contributed by atoms with Crippen LogP contribution in [0.5, 0.6) is 0 Å². The summed E-state index contributed by atoms with van der Waals surface area (Å²) in [6.45, 7) is 3.81. The van der Waals surface area contributed by atoms with Crippen LogP contribution >= 0.6 is 0 Å². The van der Waals surface area contributed by atoms with Crippen LogP contribution in [0.3, 0.4) is 0 Å². The summed E-state index contributed by atoms with van der Waals surface area (Å²) in [6.07, 6.45) is -3.09. The SMILES string of the molecule is Cc1cc(/C=C(/C#N)C(=O)Nc2cccc(C(F)(F)F)c2)c(C)n1-c1ccc2ccccc2c1. The van der Waals surface area contributed by atoms with Crippen LogP contribution in [0.4, 0.5) is 18.9 Å². The van der Waals surface area contributed by atoms with Crippen LogP contribution in [0.25, 0.3) is 22.5 Å². The van der Waals surface area contributed by atoms with E-state index in [0.717, 1.165) is 40.0 Å². The molecule has 3 aromatic carbocycles. The highest BCUT2D eigenvalue weighted by molar-refractivity contribution is 6.09. The zero-order chi connectivity index (χ0) is 24.5. The molecular formula is C27H20F3N3O. The second-order valence-electron chi connectivity index (χ2n) is 7.90. The van der Waals surface area contributed by atoms with Crippen molar-refractivity contribution in [2.75, 3.05) is 5.32 Å². The highest BCUT2D eigenvalue weighted by atomic mass is 19.4. The summed E-state index contributed by atoms with van der Waals surface area (Å²) in [5.74, 6) is -0.780. The summed E-state index contributed by atoms with van der Waals surface area (Å²) in [5.41, 5.74) is 2.22. The Kier molecular flexibility index (Phi) is 5.99. The summed E-state index contributed by atoms with van der Waals surface area (Å²) in [5, 5.41) is 14.1. The number of anilines is 1. The molecule has 1 N–H and O–H groups in total. The molecule has 4 nitrogen and oxygen atoms in total. The molecule has 0 radical (unpaired) electrons. The fraction of sp³-hybridized carbons (Fsp3) is 0.111. The molecule has 0 fully saturated rings. The first-order valence-electron chi connectivity index (χ1n) is 10.5. The monoisotopic (exact) mass is 459 g/mol. The number of alkyl halides is 3. The summed E-state index contributed by atoms with van der Waals surface area (Å²) < 4.78 is 40.9. The van der Waals surface area contributed by atoms with Crippen molar-refractivity contribution in [2.45, 2.75) is 20.0 Å². The van der Waals surface area contributed by atoms with Crippen molar-refractivity contribution in [1.29, 1.82) is 5.26 Å². The number of carbonyl (C=O) groups excluding carboxylic acids is 1. The fourth-order valence-electron chi connectivity index (χ4n) is 3.92. The molecule has 1 aromatic heterocycles. The number of rotatable bonds is 4. The Bertz CT molecular complexity index is 1470. The third-order valence-electron chi connectivity index (χ3n) is 5.57. The van der Waals surface area contributed by atoms with Gasteiger partial charge in [0.1, 0.15) is 11.6 Å². The zero-order valence-corrected chi connectivity index (χ0v) is 18.4. The molecule has 7 heteroatoms. The van der Waals surface area contributed by atoms with E-state index in [9.17, 15) is 23.2 Å². The smallest absolute Gasteiger partial charge is 0.321 e. The van der Waals surface area contributed by atoms with E-state index in [0.29, 0.717) is 5.56 Å². The van der Waals surface area contributed by atoms with Crippen molar-refractivity contribution < 1.29 is 18.0 Å². The van der Waals surface area contributed by atoms with Gasteiger partial charge in [-0.25, -0.2) is 0 Å². The van der Waals surface area contributed by atoms with Gasteiger partial charge in [0.2, 0.25) is 0 Å². The molecule has 0 spiro atoms. The maximum Gasteiger partial charge on any atom is 0.416 e. The number of nitriles is 1. The topological polar surface area (TPSA) is 57.8 Å². The predicted molar refractivity (Wildman–Crippen MR) is 126 cm³/mol. The number of fused-ring (bicyclic) bond motifs is 1. The van der Waals surface area contributed by atoms with Gasteiger partial charge in [-0.15, -0.1) is 0 Å². The van der Waals surface area contributed by atoms with E-state index >= 15 is 0 Å². The molecule has 0 saturated heterocycles. The maximum absolute atomic E-state index is 12.9. The quantitative estimate of drug-likeness (QED) is 0.269. The number of aromatic nitrogens is 1. The second-order valence-corrected chi connectivity index (χ2v) is 7.90. The normalized spacial score (nSPS) is 11.9. The van der Waals surface area contributed by atoms with Crippen molar-refractivity contribution in [2.24, 2.45) is 0 Å². The first-order chi connectivity index (χ1) is 16.2. The van der Waals surface area contributed by atoms with Crippen molar-refractivity contribution in [3.8, 4) is 11.8 Å². The molecule has 34 heavy (non-hydrogen) atoms. The molecule has 0 unspecified atom stereocenters. The first-order valence-corrected chi connectivity index (χ1v) is 10.5. The highest BCUT2D eigenvalue weighted by Gasteiger charge is 2.30. The predicted octanol–water partition coefficient (Wildman–Crippen LogP) is 6.81. The molecule has 1 amide bonds. The van der Waals surface area contributed by atoms with Gasteiger partial charge in [0.25, 0.3) is 5.91 Å². The molecule has 4 rings (SSSR count). The van der Waals surface area contributed by atoms with Gasteiger partial charge in [-0.05, 0) is 72.7 Å². The van der Waals surface area contributed by atoms with Gasteiger partial charge in [-0.1, -0.05) is 36.4 Å². The Morgan fingerprint density at radius 1 is 0.971 bits per heavy atom. The largest absolute Gasteiger partial charge is 0.416 e. The number of nitrogens with zero attached hydrogens (tertiary/aromatic N) is 2. The van der Waals surface area contributed by atoms with E-state index in [2.05, 4.69) is 11.4 Å². The summed E-state index contributed by atoms with van der Waals surface area (Å²) in [4.78, 5) is 12.6. The van der Waals surface area contributed by atoms with Crippen LogP contribution in [0.2, 0.25) is 0 Å². The number of carbonyl (C=O) groups is 1. The van der Waals surface area contributed by atoms with E-state index in [1.54, 1.807) is 0 Å². The van der Waals surface area contributed by atoms with Crippen LogP contribution in [-0.2, 0) is 11.0 Å². The average molecular weight is 459 g/mol. The maximum atomic E-state index is 12.9. The van der Waals surface area contributed by atoms with Crippen molar-refractivity contribution in [1.82, 2.24) is 4.57 Å². The lowest BCUT2D eigenvalue weighted by Gasteiger charge is -2.11. The molecule has 4 aromatic rings. The molecule has 0 aliphatic rings. The number of aryl methyl sites for hydroxylation is 1. The Morgan fingerprint density at radius 2 is 1.71 bits per heavy atom. The Balaban J connectivity index is 1.65. The number of benzene rings is 3. The molecule has 0 bridgehead atoms. The van der Waals surface area contributed by atoms with Gasteiger partial charge in [0.15, 0.2) is 0 Å². The summed E-state index contributed by atoms with van der Waals surface area (Å²) in [6, 6.07) is 22.1. The van der Waals surface area contributed by atoms with E-state index < -0.39 is 17.6 Å². The highest BCUT2D eigenvalue weighted by Crippen LogP contribution is 2.31. The Labute approximate surface area is 194 Å². The standard InChI is InChI=1S/C27H20F3N3O/c1-17-12-21(18(2)33(17)25-11-10-19-6-3-4-7-20(19)14-25)13-22(16-31)26(34)32-24-9-5-8-23(15-24)27(28,29)30/h3-15H,1-2H3,(H,32,34)/b22-13-. The van der Waals surface area contributed by atoms with Crippen LogP contribution < -0.4 is 5.32 Å². The minimum atomic E-state index is -4.53. The van der Waals surface area contributed by atoms with Crippen LogP contribution in [0.1, 0.15) is 22.5 Å². The van der Waals surface area contributed by atoms with Gasteiger partial charge in [0, 0.05) is 22.8 Å². The Hall–Kier alpha value is -4.31. The fourth-order valence-corrected chi connectivity index (χ4v) is 3.92. The molecular weight excluding hydrogens is 439 g/mol. The minimum absolute atomic E-state index is 0.0392. The minimum Gasteiger partial charge on any atom is -0.321 e. The van der Waals surface area contributed by atoms with Gasteiger partial charge in [-0.3, -0.25) is 4.79 Å². The molecule has 0 aliphatic heterocycles. The number of halogens is 3. The molecule has 0 aliphatic carbocycles. The Morgan fingerprint density at radius 3 is 2.41 bits per heavy atom. The third-order valence-corrected chi connectivity index (χ3v) is 5.57. The lowest BCUT2D eigenvalue weighted by atomic mass is 10.1. The lowest BCUT2D eigenvalue weighted by Crippen LogP contribution is -2.14. The number of amides is 1. The van der Waals surface area contributed by atoms with Gasteiger partial charge >= 0.3 is 6.18 Å². The molecule has 0 saturated carbocycles. The summed E-state index contributed by atoms with van der Waals surface area (Å²) in [7, 11) is 0. The average Bonchev–Trinajstić information content (AvgIpc) is 3.09. The third kappa shape index (κ3) is 4.57. The van der Waals surface area contributed by atoms with E-state index in [4.69, 9.17) is 0 Å². The van der Waals surface area contributed by atoms with Crippen LogP contribution in [-0.4, -0.2) is 10.5 Å². The number of nitrogens with one attached hydrogen (secondary N) is 1. The van der Waals surface area contributed by atoms with Crippen LogP contribution in [0.15, 0.2) is 78.4 Å². The van der Waals surface area contributed by atoms with E-state index in [1.807, 2.05) is 66.9 Å². The summed E-state index contributed by atoms with van der Waals surface area (Å²) >= 11 is 0. The van der Waals surface area contributed by atoms with Gasteiger partial charge in [0.05, 0.1) is 5.56 Å². The van der Waals surface area contributed by atoms with Crippen molar-refractivity contribution in [3.05, 3.63) is 101 Å². The van der Waals surface area contributed by atoms with Crippen LogP contribution in [0, 0.1) is 25.2 Å². The second kappa shape index (κ2) is 8.91. The van der Waals surface area contributed by atoms with Gasteiger partial charge < -0.3 is 9.88 Å². The van der Waals surface area contributed by atoms with Crippen molar-refractivity contribution >= 4 is 28.4 Å². The lowest BCUT2D eigenvalue weighted by molar-refractivity contribution is -0.137. The molecule has 1 heterocycles.